The Balaban J connectivity index is 2.81. The normalized spacial score (nSPS) is 9.55. The molecular weight excluding hydrogens is 146 g/mol. The molecule has 0 aliphatic carbocycles. The molecule has 4 N–H and O–H groups in total. The molecule has 1 rings (SSSR count). The lowest BCUT2D eigenvalue weighted by Crippen LogP contribution is -2.21. The Morgan fingerprint density at radius 3 is 2.82 bits per heavy atom. The van der Waals surface area contributed by atoms with Gasteiger partial charge in [0.05, 0.1) is 0 Å². The van der Waals surface area contributed by atoms with E-state index in [2.05, 4.69) is 19.7 Å². The highest BCUT2D eigenvalue weighted by atomic mass is 16.5. The Labute approximate surface area is 63.3 Å². The lowest BCUT2D eigenvalue weighted by Gasteiger charge is -1.82. The van der Waals surface area contributed by atoms with E-state index in [0.29, 0.717) is 12.2 Å². The van der Waals surface area contributed by atoms with Crippen LogP contribution in [-0.4, -0.2) is 16.1 Å². The van der Waals surface area contributed by atoms with E-state index in [-0.39, 0.29) is 12.0 Å². The number of nitrogens with zero attached hydrogens (tertiary/aromatic N) is 3. The molecule has 60 valence electrons. The Morgan fingerprint density at radius 1 is 1.64 bits per heavy atom. The lowest BCUT2D eigenvalue weighted by molar-refractivity contribution is 0.421. The van der Waals surface area contributed by atoms with E-state index < -0.39 is 0 Å². The summed E-state index contributed by atoms with van der Waals surface area (Å²) in [4.78, 5) is 7.40. The standard InChI is InChI=1S/C5H9N5O/c1-2-3-8-5(11-10-3)9-4(6)7/h2H2,1H3,(H4,6,7,8,9,10). The number of nitrogens with two attached hydrogens (primary N) is 2. The third kappa shape index (κ3) is 1.92. The summed E-state index contributed by atoms with van der Waals surface area (Å²) >= 11 is 0. The van der Waals surface area contributed by atoms with Crippen LogP contribution in [0.5, 0.6) is 0 Å². The van der Waals surface area contributed by atoms with Crippen molar-refractivity contribution in [1.29, 1.82) is 0 Å². The van der Waals surface area contributed by atoms with Gasteiger partial charge in [0.2, 0.25) is 0 Å². The Bertz CT molecular complexity index is 262. The van der Waals surface area contributed by atoms with Gasteiger partial charge in [-0.2, -0.15) is 9.98 Å². The summed E-state index contributed by atoms with van der Waals surface area (Å²) in [7, 11) is 0. The van der Waals surface area contributed by atoms with Crippen molar-refractivity contribution in [3.8, 4) is 0 Å². The van der Waals surface area contributed by atoms with E-state index in [0.717, 1.165) is 0 Å². The number of rotatable bonds is 2. The van der Waals surface area contributed by atoms with Crippen molar-refractivity contribution in [1.82, 2.24) is 10.1 Å². The zero-order valence-electron chi connectivity index (χ0n) is 6.11. The number of guanidine groups is 1. The first-order valence-corrected chi connectivity index (χ1v) is 3.14. The quantitative estimate of drug-likeness (QED) is 0.444. The molecule has 0 spiro atoms. The molecule has 0 aromatic carbocycles. The highest BCUT2D eigenvalue weighted by molar-refractivity contribution is 5.77. The van der Waals surface area contributed by atoms with E-state index in [9.17, 15) is 0 Å². The van der Waals surface area contributed by atoms with E-state index in [1.165, 1.54) is 0 Å². The summed E-state index contributed by atoms with van der Waals surface area (Å²) in [6, 6.07) is 0.0989. The van der Waals surface area contributed by atoms with Crippen LogP contribution < -0.4 is 11.5 Å². The first-order chi connectivity index (χ1) is 5.22. The SMILES string of the molecule is CCc1noc(N=C(N)N)n1. The van der Waals surface area contributed by atoms with Crippen molar-refractivity contribution < 1.29 is 4.52 Å². The second kappa shape index (κ2) is 3.00. The fourth-order valence-corrected chi connectivity index (χ4v) is 0.544. The maximum Gasteiger partial charge on any atom is 0.350 e. The third-order valence-electron chi connectivity index (χ3n) is 0.998. The van der Waals surface area contributed by atoms with Crippen molar-refractivity contribution in [2.75, 3.05) is 0 Å². The highest BCUT2D eigenvalue weighted by Crippen LogP contribution is 2.06. The molecule has 0 amide bonds. The number of hydrogen-bond acceptors (Lipinski definition) is 4. The van der Waals surface area contributed by atoms with Crippen LogP contribution in [-0.2, 0) is 6.42 Å². The number of aryl methyl sites for hydroxylation is 1. The maximum absolute atomic E-state index is 5.08. The Kier molecular flexibility index (Phi) is 2.05. The van der Waals surface area contributed by atoms with Gasteiger partial charge in [-0.05, 0) is 0 Å². The van der Waals surface area contributed by atoms with E-state index >= 15 is 0 Å². The first kappa shape index (κ1) is 7.52. The fraction of sp³-hybridized carbons (Fsp3) is 0.400. The lowest BCUT2D eigenvalue weighted by atomic mass is 10.5. The highest BCUT2D eigenvalue weighted by Gasteiger charge is 2.01. The molecule has 1 aromatic heterocycles. The van der Waals surface area contributed by atoms with Gasteiger partial charge in [-0.15, -0.1) is 0 Å². The average Bonchev–Trinajstić information content (AvgIpc) is 2.34. The van der Waals surface area contributed by atoms with Gasteiger partial charge in [0.25, 0.3) is 0 Å². The number of aliphatic imine (C=N–C) groups is 1. The van der Waals surface area contributed by atoms with Crippen LogP contribution in [0.3, 0.4) is 0 Å². The third-order valence-corrected chi connectivity index (χ3v) is 0.998. The van der Waals surface area contributed by atoms with Crippen LogP contribution in [0.15, 0.2) is 9.52 Å². The molecule has 0 unspecified atom stereocenters. The number of aromatic nitrogens is 2. The minimum Gasteiger partial charge on any atom is -0.370 e. The van der Waals surface area contributed by atoms with E-state index in [1.807, 2.05) is 6.92 Å². The molecule has 0 radical (unpaired) electrons. The van der Waals surface area contributed by atoms with Gasteiger partial charge in [-0.1, -0.05) is 12.1 Å². The van der Waals surface area contributed by atoms with Crippen LogP contribution in [0, 0.1) is 0 Å². The molecule has 0 fully saturated rings. The van der Waals surface area contributed by atoms with Gasteiger partial charge >= 0.3 is 6.01 Å². The molecule has 1 aromatic rings. The second-order valence-electron chi connectivity index (χ2n) is 1.88. The zero-order chi connectivity index (χ0) is 8.27. The average molecular weight is 155 g/mol. The zero-order valence-corrected chi connectivity index (χ0v) is 6.11. The fourth-order valence-electron chi connectivity index (χ4n) is 0.544. The molecule has 0 aliphatic heterocycles. The predicted octanol–water partition coefficient (Wildman–Crippen LogP) is -0.463. The van der Waals surface area contributed by atoms with Gasteiger partial charge < -0.3 is 16.0 Å². The second-order valence-corrected chi connectivity index (χ2v) is 1.88. The molecule has 0 aliphatic rings. The molecular formula is C5H9N5O. The summed E-state index contributed by atoms with van der Waals surface area (Å²) in [6.07, 6.45) is 0.698. The van der Waals surface area contributed by atoms with Crippen LogP contribution in [0.4, 0.5) is 6.01 Å². The van der Waals surface area contributed by atoms with Crippen molar-refractivity contribution in [2.24, 2.45) is 16.5 Å². The largest absolute Gasteiger partial charge is 0.370 e. The van der Waals surface area contributed by atoms with Gasteiger partial charge in [0, 0.05) is 6.42 Å². The molecule has 6 heteroatoms. The maximum atomic E-state index is 5.08. The van der Waals surface area contributed by atoms with Gasteiger partial charge in [0.1, 0.15) is 0 Å². The van der Waals surface area contributed by atoms with Crippen LogP contribution in [0.2, 0.25) is 0 Å². The summed E-state index contributed by atoms with van der Waals surface area (Å²) in [5.41, 5.74) is 10.2. The minimum absolute atomic E-state index is 0.0868. The van der Waals surface area contributed by atoms with Crippen molar-refractivity contribution in [3.05, 3.63) is 5.82 Å². The van der Waals surface area contributed by atoms with Crippen molar-refractivity contribution in [3.63, 3.8) is 0 Å². The van der Waals surface area contributed by atoms with Gasteiger partial charge in [-0.3, -0.25) is 0 Å². The van der Waals surface area contributed by atoms with E-state index in [1.54, 1.807) is 0 Å². The van der Waals surface area contributed by atoms with Crippen LogP contribution in [0.1, 0.15) is 12.7 Å². The smallest absolute Gasteiger partial charge is 0.350 e. The first-order valence-electron chi connectivity index (χ1n) is 3.14. The van der Waals surface area contributed by atoms with Crippen molar-refractivity contribution in [2.45, 2.75) is 13.3 Å². The molecule has 1 heterocycles. The predicted molar refractivity (Wildman–Crippen MR) is 39.1 cm³/mol. The number of hydrogen-bond donors (Lipinski definition) is 2. The summed E-state index contributed by atoms with van der Waals surface area (Å²) in [6.45, 7) is 1.91. The molecule has 0 saturated heterocycles. The summed E-state index contributed by atoms with van der Waals surface area (Å²) in [5, 5.41) is 3.58. The molecule has 0 atom stereocenters. The molecule has 0 saturated carbocycles. The Hall–Kier alpha value is -1.59. The molecule has 11 heavy (non-hydrogen) atoms. The van der Waals surface area contributed by atoms with E-state index in [4.69, 9.17) is 11.5 Å². The van der Waals surface area contributed by atoms with Gasteiger partial charge in [-0.25, -0.2) is 0 Å². The topological polar surface area (TPSA) is 103 Å². The summed E-state index contributed by atoms with van der Waals surface area (Å²) in [5.74, 6) is 0.501. The van der Waals surface area contributed by atoms with Crippen LogP contribution >= 0.6 is 0 Å². The Morgan fingerprint density at radius 2 is 2.36 bits per heavy atom. The monoisotopic (exact) mass is 155 g/mol. The van der Waals surface area contributed by atoms with Crippen molar-refractivity contribution >= 4 is 12.0 Å². The summed E-state index contributed by atoms with van der Waals surface area (Å²) < 4.78 is 4.66. The minimum atomic E-state index is -0.0868. The molecule has 6 nitrogen and oxygen atoms in total. The van der Waals surface area contributed by atoms with Gasteiger partial charge in [0.15, 0.2) is 11.8 Å². The van der Waals surface area contributed by atoms with Crippen LogP contribution in [0.25, 0.3) is 0 Å². The molecule has 0 bridgehead atoms.